The third kappa shape index (κ3) is 4.38. The Morgan fingerprint density at radius 3 is 2.27 bits per heavy atom. The van der Waals surface area contributed by atoms with Gasteiger partial charge in [-0.25, -0.2) is 9.69 Å². The molecule has 0 aliphatic carbocycles. The number of rotatable bonds is 7. The first-order valence-corrected chi connectivity index (χ1v) is 14.0. The van der Waals surface area contributed by atoms with E-state index in [4.69, 9.17) is 4.74 Å². The number of esters is 1. The highest BCUT2D eigenvalue weighted by atomic mass is 32.2. The number of ether oxygens (including phenoxy) is 1. The molecule has 1 aromatic heterocycles. The van der Waals surface area contributed by atoms with Gasteiger partial charge in [0.1, 0.15) is 5.25 Å². The van der Waals surface area contributed by atoms with Crippen LogP contribution in [-0.4, -0.2) is 47.7 Å². The lowest BCUT2D eigenvalue weighted by atomic mass is 9.83. The predicted octanol–water partition coefficient (Wildman–Crippen LogP) is 4.26. The SMILES string of the molecule is CCOC(=O)c1ccc(N2C(=O)[C@H]3[C@H](c4ccc(N(CC)CC)cc4)c4sc(=O)[nH]c4S[C@H]3C2=O)cc1. The van der Waals surface area contributed by atoms with Crippen LogP contribution >= 0.6 is 23.1 Å². The highest BCUT2D eigenvalue weighted by Gasteiger charge is 2.56. The molecule has 1 saturated heterocycles. The number of hydrogen-bond donors (Lipinski definition) is 1. The third-order valence-corrected chi connectivity index (χ3v) is 9.24. The molecule has 3 atom stereocenters. The molecule has 8 nitrogen and oxygen atoms in total. The van der Waals surface area contributed by atoms with Crippen molar-refractivity contribution >= 4 is 52.3 Å². The van der Waals surface area contributed by atoms with Gasteiger partial charge in [0, 0.05) is 29.6 Å². The maximum absolute atomic E-state index is 13.8. The van der Waals surface area contributed by atoms with Gasteiger partial charge in [-0.1, -0.05) is 35.2 Å². The zero-order valence-electron chi connectivity index (χ0n) is 20.7. The summed E-state index contributed by atoms with van der Waals surface area (Å²) in [6, 6.07) is 14.3. The summed E-state index contributed by atoms with van der Waals surface area (Å²) in [5.74, 6) is -2.17. The second-order valence-electron chi connectivity index (χ2n) is 8.79. The molecule has 0 radical (unpaired) electrons. The molecule has 2 amide bonds. The molecule has 2 aromatic carbocycles. The smallest absolute Gasteiger partial charge is 0.338 e. The average Bonchev–Trinajstić information content (AvgIpc) is 3.39. The zero-order chi connectivity index (χ0) is 26.3. The Morgan fingerprint density at radius 1 is 0.973 bits per heavy atom. The molecule has 0 spiro atoms. The van der Waals surface area contributed by atoms with Crippen LogP contribution in [0.25, 0.3) is 0 Å². The van der Waals surface area contributed by atoms with Crippen LogP contribution in [0.1, 0.15) is 47.5 Å². The number of carbonyl (C=O) groups excluding carboxylic acids is 3. The van der Waals surface area contributed by atoms with Gasteiger partial charge in [-0.3, -0.25) is 14.4 Å². The maximum atomic E-state index is 13.8. The molecular formula is C27H27N3O5S2. The number of nitrogens with zero attached hydrogens (tertiary/aromatic N) is 2. The summed E-state index contributed by atoms with van der Waals surface area (Å²) in [7, 11) is 0. The van der Waals surface area contributed by atoms with Crippen molar-refractivity contribution in [3.63, 3.8) is 0 Å². The van der Waals surface area contributed by atoms with E-state index in [0.717, 1.165) is 40.6 Å². The first kappa shape index (κ1) is 25.3. The summed E-state index contributed by atoms with van der Waals surface area (Å²) in [4.78, 5) is 58.6. The lowest BCUT2D eigenvalue weighted by molar-refractivity contribution is -0.122. The van der Waals surface area contributed by atoms with Crippen LogP contribution in [0.2, 0.25) is 0 Å². The minimum Gasteiger partial charge on any atom is -0.462 e. The molecule has 1 N–H and O–H groups in total. The molecule has 1 fully saturated rings. The number of aromatic nitrogens is 1. The van der Waals surface area contributed by atoms with Crippen LogP contribution in [0.4, 0.5) is 11.4 Å². The minimum atomic E-state index is -0.664. The summed E-state index contributed by atoms with van der Waals surface area (Å²) < 4.78 is 5.03. The topological polar surface area (TPSA) is 99.8 Å². The average molecular weight is 538 g/mol. The van der Waals surface area contributed by atoms with Gasteiger partial charge in [-0.05, 0) is 62.7 Å². The van der Waals surface area contributed by atoms with E-state index >= 15 is 0 Å². The second-order valence-corrected chi connectivity index (χ2v) is 11.0. The third-order valence-electron chi connectivity index (χ3n) is 6.84. The monoisotopic (exact) mass is 537 g/mol. The van der Waals surface area contributed by atoms with Gasteiger partial charge in [-0.15, -0.1) is 0 Å². The van der Waals surface area contributed by atoms with Gasteiger partial charge in [0.05, 0.1) is 28.8 Å². The molecule has 192 valence electrons. The van der Waals surface area contributed by atoms with Crippen molar-refractivity contribution in [1.29, 1.82) is 0 Å². The van der Waals surface area contributed by atoms with E-state index in [9.17, 15) is 19.2 Å². The van der Waals surface area contributed by atoms with Crippen molar-refractivity contribution < 1.29 is 19.1 Å². The number of thiazole rings is 1. The normalized spacial score (nSPS) is 20.5. The fourth-order valence-electron chi connectivity index (χ4n) is 5.07. The Labute approximate surface area is 222 Å². The van der Waals surface area contributed by atoms with Crippen molar-refractivity contribution in [2.24, 2.45) is 5.92 Å². The maximum Gasteiger partial charge on any atom is 0.338 e. The van der Waals surface area contributed by atoms with Crippen LogP contribution < -0.4 is 14.7 Å². The number of nitrogens with one attached hydrogen (secondary N) is 1. The number of aromatic amines is 1. The molecule has 0 bridgehead atoms. The lowest BCUT2D eigenvalue weighted by Crippen LogP contribution is -2.32. The highest BCUT2D eigenvalue weighted by molar-refractivity contribution is 8.00. The van der Waals surface area contributed by atoms with Gasteiger partial charge < -0.3 is 14.6 Å². The molecule has 0 saturated carbocycles. The summed E-state index contributed by atoms with van der Waals surface area (Å²) >= 11 is 2.34. The molecule has 0 unspecified atom stereocenters. The number of imide groups is 1. The number of hydrogen-bond acceptors (Lipinski definition) is 8. The van der Waals surface area contributed by atoms with Crippen LogP contribution in [-0.2, 0) is 14.3 Å². The van der Waals surface area contributed by atoms with Crippen molar-refractivity contribution in [2.45, 2.75) is 37.0 Å². The Bertz CT molecular complexity index is 1390. The predicted molar refractivity (Wildman–Crippen MR) is 145 cm³/mol. The minimum absolute atomic E-state index is 0.200. The number of anilines is 2. The lowest BCUT2D eigenvalue weighted by Gasteiger charge is -2.30. The summed E-state index contributed by atoms with van der Waals surface area (Å²) in [5, 5.41) is -0.0165. The van der Waals surface area contributed by atoms with E-state index in [0.29, 0.717) is 16.3 Å². The largest absolute Gasteiger partial charge is 0.462 e. The zero-order valence-corrected chi connectivity index (χ0v) is 22.4. The number of carbonyl (C=O) groups is 3. The Hall–Kier alpha value is -3.37. The number of amides is 2. The second kappa shape index (κ2) is 10.2. The summed E-state index contributed by atoms with van der Waals surface area (Å²) in [5.41, 5.74) is 2.73. The van der Waals surface area contributed by atoms with Crippen LogP contribution in [0.15, 0.2) is 58.4 Å². The number of fused-ring (bicyclic) bond motifs is 2. The highest BCUT2D eigenvalue weighted by Crippen LogP contribution is 2.53. The van der Waals surface area contributed by atoms with Crippen LogP contribution in [0.3, 0.4) is 0 Å². The van der Waals surface area contributed by atoms with Crippen molar-refractivity contribution in [2.75, 3.05) is 29.5 Å². The van der Waals surface area contributed by atoms with Crippen LogP contribution in [0, 0.1) is 5.92 Å². The van der Waals surface area contributed by atoms with Gasteiger partial charge in [0.2, 0.25) is 11.8 Å². The number of H-pyrrole nitrogens is 1. The summed E-state index contributed by atoms with van der Waals surface area (Å²) in [6.45, 7) is 7.93. The quantitative estimate of drug-likeness (QED) is 0.355. The van der Waals surface area contributed by atoms with E-state index in [-0.39, 0.29) is 23.3 Å². The summed E-state index contributed by atoms with van der Waals surface area (Å²) in [6.07, 6.45) is 0. The number of benzene rings is 2. The van der Waals surface area contributed by atoms with Gasteiger partial charge in [0.15, 0.2) is 0 Å². The van der Waals surface area contributed by atoms with Crippen molar-refractivity contribution in [3.8, 4) is 0 Å². The Morgan fingerprint density at radius 2 is 1.65 bits per heavy atom. The van der Waals surface area contributed by atoms with E-state index in [1.54, 1.807) is 31.2 Å². The molecule has 2 aliphatic heterocycles. The van der Waals surface area contributed by atoms with Crippen molar-refractivity contribution in [3.05, 3.63) is 74.2 Å². The first-order chi connectivity index (χ1) is 17.9. The molecule has 3 aromatic rings. The first-order valence-electron chi connectivity index (χ1n) is 12.3. The fraction of sp³-hybridized carbons (Fsp3) is 0.333. The molecule has 2 aliphatic rings. The molecule has 3 heterocycles. The molecule has 10 heteroatoms. The molecule has 37 heavy (non-hydrogen) atoms. The van der Waals surface area contributed by atoms with E-state index < -0.39 is 23.1 Å². The van der Waals surface area contributed by atoms with E-state index in [2.05, 4.69) is 23.7 Å². The van der Waals surface area contributed by atoms with Crippen LogP contribution in [0.5, 0.6) is 0 Å². The Balaban J connectivity index is 1.52. The Kier molecular flexibility index (Phi) is 6.96. The van der Waals surface area contributed by atoms with E-state index in [1.165, 1.54) is 16.7 Å². The molecular weight excluding hydrogens is 510 g/mol. The van der Waals surface area contributed by atoms with Crippen molar-refractivity contribution in [1.82, 2.24) is 4.98 Å². The van der Waals surface area contributed by atoms with E-state index in [1.807, 2.05) is 24.3 Å². The van der Waals surface area contributed by atoms with Gasteiger partial charge in [-0.2, -0.15) is 0 Å². The van der Waals surface area contributed by atoms with Gasteiger partial charge >= 0.3 is 10.8 Å². The molecule has 5 rings (SSSR count). The fourth-order valence-corrected chi connectivity index (χ4v) is 7.59. The number of thioether (sulfide) groups is 1. The standard InChI is InChI=1S/C27H27N3O5S2/c1-4-29(5-2)17-11-7-15(8-12-17)19-20-22(36-23-21(19)37-27(34)28-23)25(32)30(24(20)31)18-13-9-16(10-14-18)26(33)35-6-3/h7-14,19-20,22H,4-6H2,1-3H3,(H,28,34)/t19-,20-,22+/m0/s1. The van der Waals surface area contributed by atoms with Gasteiger partial charge in [0.25, 0.3) is 0 Å².